The first-order valence-electron chi connectivity index (χ1n) is 0.612. The summed E-state index contributed by atoms with van der Waals surface area (Å²) >= 11 is 0.300. The summed E-state index contributed by atoms with van der Waals surface area (Å²) in [5.41, 5.74) is 0. The third kappa shape index (κ3) is 149. The standard InChI is InChI=1S/O2Si.O.Sn/c1-3-2;;. The summed E-state index contributed by atoms with van der Waals surface area (Å²) in [6.45, 7) is 0. The molecule has 0 unspecified atom stereocenters. The fraction of sp³-hybridized carbons (Fsp3) is 0. The Kier molecular flexibility index (Phi) is 46.5. The number of hydrogen-bond donors (Lipinski definition) is 0. The summed E-state index contributed by atoms with van der Waals surface area (Å²) in [7, 11) is -1.42. The second-order valence-electron chi connectivity index (χ2n) is 0.0833. The molecule has 0 aromatic carbocycles. The summed E-state index contributed by atoms with van der Waals surface area (Å²) in [4.78, 5) is 0. The topological polar surface area (TPSA) is 51.2 Å². The SMILES string of the molecule is O=[Si]=O.[O]=[Sn]. The van der Waals surface area contributed by atoms with Crippen LogP contribution in [0.1, 0.15) is 0 Å². The second kappa shape index (κ2) is 25.7. The zero-order valence-corrected chi connectivity index (χ0v) is 6.08. The van der Waals surface area contributed by atoms with E-state index in [1.54, 1.807) is 0 Å². The molecule has 0 amide bonds. The fourth-order valence-corrected chi connectivity index (χ4v) is 0. The van der Waals surface area contributed by atoms with E-state index in [1.807, 2.05) is 0 Å². The first-order chi connectivity index (χ1) is 2.41. The van der Waals surface area contributed by atoms with Crippen molar-refractivity contribution in [1.82, 2.24) is 0 Å². The molecule has 0 aromatic rings. The van der Waals surface area contributed by atoms with Crippen molar-refractivity contribution in [2.45, 2.75) is 0 Å². The van der Waals surface area contributed by atoms with Crippen LogP contribution < -0.4 is 0 Å². The van der Waals surface area contributed by atoms with E-state index in [4.69, 9.17) is 12.0 Å². The van der Waals surface area contributed by atoms with Gasteiger partial charge in [0.15, 0.2) is 0 Å². The van der Waals surface area contributed by atoms with Gasteiger partial charge in [0.2, 0.25) is 0 Å². The molecule has 26 valence electrons. The first-order valence-corrected chi connectivity index (χ1v) is 2.59. The Labute approximate surface area is 44.2 Å². The predicted octanol–water partition coefficient (Wildman–Crippen LogP) is -1.12. The van der Waals surface area contributed by atoms with Gasteiger partial charge in [0.25, 0.3) is 0 Å². The van der Waals surface area contributed by atoms with Gasteiger partial charge < -0.3 is 0 Å². The number of rotatable bonds is 0. The Bertz CT molecular complexity index is 36.2. The first kappa shape index (κ1) is 9.05. The Morgan fingerprint density at radius 2 is 1.20 bits per heavy atom. The molecule has 0 aromatic heterocycles. The molecule has 0 rings (SSSR count). The summed E-state index contributed by atoms with van der Waals surface area (Å²) < 4.78 is 25.1. The minimum atomic E-state index is -1.42. The molecule has 0 fully saturated rings. The molecule has 3 nitrogen and oxygen atoms in total. The van der Waals surface area contributed by atoms with Crippen molar-refractivity contribution in [3.05, 3.63) is 0 Å². The fourth-order valence-electron chi connectivity index (χ4n) is 0. The molecule has 5 heteroatoms. The van der Waals surface area contributed by atoms with Crippen LogP contribution in [0.4, 0.5) is 0 Å². The molecule has 0 saturated carbocycles. The van der Waals surface area contributed by atoms with E-state index >= 15 is 0 Å². The maximum atomic E-state index is 8.40. The van der Waals surface area contributed by atoms with Crippen LogP contribution >= 0.6 is 0 Å². The van der Waals surface area contributed by atoms with Crippen LogP contribution in [-0.4, -0.2) is 31.8 Å². The van der Waals surface area contributed by atoms with Crippen LogP contribution in [0.2, 0.25) is 0 Å². The van der Waals surface area contributed by atoms with Crippen LogP contribution in [0, 0.1) is 0 Å². The molecule has 0 N–H and O–H groups in total. The average Bonchev–Trinajstić information content (AvgIpc) is 1.46. The third-order valence-corrected chi connectivity index (χ3v) is 0. The molecule has 0 aliphatic rings. The Morgan fingerprint density at radius 3 is 1.20 bits per heavy atom. The van der Waals surface area contributed by atoms with Crippen molar-refractivity contribution in [2.75, 3.05) is 0 Å². The van der Waals surface area contributed by atoms with Crippen LogP contribution in [0.25, 0.3) is 0 Å². The molecule has 0 spiro atoms. The zero-order chi connectivity index (χ0) is 4.71. The maximum absolute atomic E-state index is 8.40. The molecule has 0 bridgehead atoms. The molecule has 2 radical (unpaired) electrons. The summed E-state index contributed by atoms with van der Waals surface area (Å²) in [6.07, 6.45) is 0. The Morgan fingerprint density at radius 1 is 1.20 bits per heavy atom. The quantitative estimate of drug-likeness (QED) is 0.460. The van der Waals surface area contributed by atoms with E-state index in [0.717, 1.165) is 0 Å². The van der Waals surface area contributed by atoms with Crippen molar-refractivity contribution in [3.63, 3.8) is 0 Å². The molecule has 0 atom stereocenters. The van der Waals surface area contributed by atoms with Gasteiger partial charge in [-0.1, -0.05) is 0 Å². The average molecular weight is 195 g/mol. The van der Waals surface area contributed by atoms with Gasteiger partial charge in [-0.15, -0.1) is 0 Å². The van der Waals surface area contributed by atoms with E-state index in [2.05, 4.69) is 0 Å². The van der Waals surface area contributed by atoms with Crippen molar-refractivity contribution in [3.8, 4) is 0 Å². The van der Waals surface area contributed by atoms with Gasteiger partial charge in [-0.25, -0.2) is 0 Å². The zero-order valence-electron chi connectivity index (χ0n) is 2.22. The molecule has 0 heterocycles. The minimum absolute atomic E-state index is 0.300. The Balaban J connectivity index is 0. The molecular formula is O3SiSn. The van der Waals surface area contributed by atoms with Gasteiger partial charge in [-0.3, -0.25) is 8.92 Å². The second-order valence-corrected chi connectivity index (χ2v) is 0.250. The molecule has 0 aliphatic heterocycles. The molecule has 5 heavy (non-hydrogen) atoms. The van der Waals surface area contributed by atoms with E-state index < -0.39 is 9.29 Å². The van der Waals surface area contributed by atoms with E-state index in [-0.39, 0.29) is 0 Å². The van der Waals surface area contributed by atoms with Crippen molar-refractivity contribution in [2.24, 2.45) is 0 Å². The normalized spacial score (nSPS) is 2.40. The summed E-state index contributed by atoms with van der Waals surface area (Å²) in [5, 5.41) is 0. The van der Waals surface area contributed by atoms with E-state index in [1.165, 1.54) is 0 Å². The third-order valence-electron chi connectivity index (χ3n) is 0. The van der Waals surface area contributed by atoms with Crippen LogP contribution in [0.15, 0.2) is 0 Å². The number of hydrogen-bond acceptors (Lipinski definition) is 3. The van der Waals surface area contributed by atoms with Crippen LogP contribution in [0.3, 0.4) is 0 Å². The summed E-state index contributed by atoms with van der Waals surface area (Å²) in [6, 6.07) is 0. The van der Waals surface area contributed by atoms with E-state index in [0.29, 0.717) is 22.5 Å². The van der Waals surface area contributed by atoms with Crippen LogP contribution in [0.5, 0.6) is 0 Å². The summed E-state index contributed by atoms with van der Waals surface area (Å²) in [5.74, 6) is 0. The van der Waals surface area contributed by atoms with Gasteiger partial charge in [0.1, 0.15) is 0 Å². The van der Waals surface area contributed by atoms with Crippen molar-refractivity contribution < 1.29 is 12.0 Å². The monoisotopic (exact) mass is 196 g/mol. The van der Waals surface area contributed by atoms with Crippen LogP contribution in [-0.2, 0) is 12.0 Å². The Hall–Kier alpha value is 0.416. The molecular weight excluding hydrogens is 195 g/mol. The van der Waals surface area contributed by atoms with Gasteiger partial charge in [-0.05, 0) is 0 Å². The predicted molar refractivity (Wildman–Crippen MR) is 13.6 cm³/mol. The van der Waals surface area contributed by atoms with E-state index in [9.17, 15) is 0 Å². The molecule has 0 aliphatic carbocycles. The van der Waals surface area contributed by atoms with Crippen molar-refractivity contribution in [1.29, 1.82) is 0 Å². The van der Waals surface area contributed by atoms with Gasteiger partial charge >= 0.3 is 34.9 Å². The van der Waals surface area contributed by atoms with Gasteiger partial charge in [0.05, 0.1) is 0 Å². The molecule has 0 saturated heterocycles. The van der Waals surface area contributed by atoms with Gasteiger partial charge in [-0.2, -0.15) is 0 Å². The van der Waals surface area contributed by atoms with Gasteiger partial charge in [0, 0.05) is 0 Å². The van der Waals surface area contributed by atoms with Crippen molar-refractivity contribution >= 4 is 31.8 Å².